The third-order valence-electron chi connectivity index (χ3n) is 7.57. The van der Waals surface area contributed by atoms with Crippen molar-refractivity contribution in [3.63, 3.8) is 0 Å². The number of pyridine rings is 1. The van der Waals surface area contributed by atoms with E-state index in [4.69, 9.17) is 6.85 Å². The maximum Gasteiger partial charge on any atom is 0.220 e. The van der Waals surface area contributed by atoms with Crippen molar-refractivity contribution in [3.8, 4) is 11.3 Å². The summed E-state index contributed by atoms with van der Waals surface area (Å²) >= 11 is 0. The van der Waals surface area contributed by atoms with Gasteiger partial charge in [0.25, 0.3) is 0 Å². The van der Waals surface area contributed by atoms with E-state index in [0.717, 1.165) is 39.4 Å². The lowest BCUT2D eigenvalue weighted by atomic mass is 9.63. The molecule has 0 N–H and O–H groups in total. The molecule has 1 heterocycles. The molecular weight excluding hydrogens is 350 g/mol. The lowest BCUT2D eigenvalue weighted by molar-refractivity contribution is -0.659. The molecule has 0 radical (unpaired) electrons. The van der Waals surface area contributed by atoms with Crippen LogP contribution >= 0.6 is 0 Å². The zero-order valence-corrected chi connectivity index (χ0v) is 17.8. The van der Waals surface area contributed by atoms with Crippen molar-refractivity contribution in [3.05, 3.63) is 64.8 Å². The van der Waals surface area contributed by atoms with E-state index >= 15 is 0 Å². The monoisotopic (exact) mass is 389 g/mol. The van der Waals surface area contributed by atoms with Crippen LogP contribution in [0.25, 0.3) is 22.0 Å². The van der Waals surface area contributed by atoms with Gasteiger partial charge in [-0.25, -0.2) is 4.57 Å². The molecule has 0 saturated heterocycles. The summed E-state index contributed by atoms with van der Waals surface area (Å²) in [5, 5.41) is 2.23. The number of aryl methyl sites for hydroxylation is 3. The van der Waals surface area contributed by atoms with E-state index in [1.807, 2.05) is 24.7 Å². The van der Waals surface area contributed by atoms with Gasteiger partial charge in [0.15, 0.2) is 6.20 Å². The van der Waals surface area contributed by atoms with Crippen LogP contribution in [0.3, 0.4) is 0 Å². The largest absolute Gasteiger partial charge is 0.220 e. The van der Waals surface area contributed by atoms with Crippen molar-refractivity contribution in [1.82, 2.24) is 0 Å². The average molecular weight is 390 g/mol. The fourth-order valence-corrected chi connectivity index (χ4v) is 5.96. The zero-order valence-electron chi connectivity index (χ0n) is 22.8. The van der Waals surface area contributed by atoms with Gasteiger partial charge in [0.2, 0.25) is 5.69 Å². The summed E-state index contributed by atoms with van der Waals surface area (Å²) in [5.41, 5.74) is 4.55. The molecule has 3 aromatic rings. The zero-order chi connectivity index (χ0) is 24.4. The second-order valence-electron chi connectivity index (χ2n) is 9.19. The van der Waals surface area contributed by atoms with Gasteiger partial charge < -0.3 is 0 Å². The van der Waals surface area contributed by atoms with Crippen LogP contribution < -0.4 is 4.57 Å². The van der Waals surface area contributed by atoms with E-state index in [9.17, 15) is 0 Å². The molecule has 3 aliphatic carbocycles. The maximum atomic E-state index is 8.35. The SMILES string of the molecule is [2H]C([2H])([2H])c1cc(-c2c3ccc(C4CC5CCC4CC5)cc3cc[n+]2C)c(C)c(C([2H])([2H])C)c1. The first-order chi connectivity index (χ1) is 15.9. The molecule has 2 bridgehead atoms. The van der Waals surface area contributed by atoms with Crippen LogP contribution in [0.2, 0.25) is 0 Å². The number of aromatic nitrogens is 1. The summed E-state index contributed by atoms with van der Waals surface area (Å²) in [5.74, 6) is 2.32. The molecule has 150 valence electrons. The van der Waals surface area contributed by atoms with Crippen molar-refractivity contribution in [2.24, 2.45) is 18.9 Å². The van der Waals surface area contributed by atoms with Crippen molar-refractivity contribution >= 4 is 10.8 Å². The molecule has 0 amide bonds. The molecule has 2 aromatic carbocycles. The Labute approximate surface area is 182 Å². The fourth-order valence-electron chi connectivity index (χ4n) is 5.96. The van der Waals surface area contributed by atoms with E-state index in [0.29, 0.717) is 11.5 Å². The van der Waals surface area contributed by atoms with Crippen LogP contribution in [0, 0.1) is 25.6 Å². The molecule has 3 fully saturated rings. The first-order valence-electron chi connectivity index (χ1n) is 13.5. The van der Waals surface area contributed by atoms with E-state index < -0.39 is 13.2 Å². The molecule has 3 aliphatic rings. The topological polar surface area (TPSA) is 3.88 Å². The molecule has 1 atom stereocenters. The van der Waals surface area contributed by atoms with E-state index in [1.54, 1.807) is 6.07 Å². The summed E-state index contributed by atoms with van der Waals surface area (Å²) in [6, 6.07) is 12.2. The highest BCUT2D eigenvalue weighted by molar-refractivity contribution is 5.94. The van der Waals surface area contributed by atoms with Crippen molar-refractivity contribution in [2.75, 3.05) is 0 Å². The van der Waals surface area contributed by atoms with E-state index in [-0.39, 0.29) is 5.56 Å². The lowest BCUT2D eigenvalue weighted by Crippen LogP contribution is -2.31. The average Bonchev–Trinajstić information content (AvgIpc) is 2.78. The van der Waals surface area contributed by atoms with Crippen LogP contribution in [0.1, 0.15) is 74.1 Å². The predicted molar refractivity (Wildman–Crippen MR) is 122 cm³/mol. The normalized spacial score (nSPS) is 27.1. The Morgan fingerprint density at radius 1 is 1.10 bits per heavy atom. The van der Waals surface area contributed by atoms with Gasteiger partial charge in [0.05, 0.1) is 10.9 Å². The lowest BCUT2D eigenvalue weighted by Gasteiger charge is -2.42. The number of benzene rings is 2. The molecule has 1 nitrogen and oxygen atoms in total. The molecular formula is C28H34N+. The first-order valence-corrected chi connectivity index (χ1v) is 11.0. The van der Waals surface area contributed by atoms with Crippen molar-refractivity contribution in [1.29, 1.82) is 0 Å². The predicted octanol–water partition coefficient (Wildman–Crippen LogP) is 6.80. The summed E-state index contributed by atoms with van der Waals surface area (Å²) in [6.45, 7) is 1.09. The highest BCUT2D eigenvalue weighted by Gasteiger charge is 2.36. The summed E-state index contributed by atoms with van der Waals surface area (Å²) in [7, 11) is 1.98. The van der Waals surface area contributed by atoms with Crippen LogP contribution in [-0.2, 0) is 13.4 Å². The van der Waals surface area contributed by atoms with Gasteiger partial charge in [-0.2, -0.15) is 0 Å². The molecule has 1 aromatic heterocycles. The highest BCUT2D eigenvalue weighted by atomic mass is 14.9. The van der Waals surface area contributed by atoms with Crippen LogP contribution in [0.4, 0.5) is 0 Å². The van der Waals surface area contributed by atoms with E-state index in [1.165, 1.54) is 50.7 Å². The molecule has 3 saturated carbocycles. The van der Waals surface area contributed by atoms with E-state index in [2.05, 4.69) is 24.3 Å². The Morgan fingerprint density at radius 2 is 1.93 bits per heavy atom. The van der Waals surface area contributed by atoms with Gasteiger partial charge in [0.1, 0.15) is 7.05 Å². The molecule has 0 spiro atoms. The number of hydrogen-bond donors (Lipinski definition) is 0. The van der Waals surface area contributed by atoms with Gasteiger partial charge in [-0.3, -0.25) is 0 Å². The molecule has 0 aliphatic heterocycles. The van der Waals surface area contributed by atoms with Crippen LogP contribution in [0.5, 0.6) is 0 Å². The Morgan fingerprint density at radius 3 is 2.62 bits per heavy atom. The molecule has 6 rings (SSSR count). The molecule has 1 heteroatoms. The smallest absolute Gasteiger partial charge is 0.200 e. The molecule has 29 heavy (non-hydrogen) atoms. The standard InChI is InChI=1S/C28H34N/c1-5-21-14-18(2)15-26(19(21)3)28-25-11-10-23(17-24(25)12-13-29(28)4)27-16-20-6-8-22(27)9-7-20/h10-15,17,20,22,27H,5-9,16H2,1-4H3/q+1/i2D3,5D2. The van der Waals surface area contributed by atoms with Crippen molar-refractivity contribution in [2.45, 2.75) is 65.1 Å². The summed E-state index contributed by atoms with van der Waals surface area (Å²) in [6.07, 6.45) is 7.18. The third kappa shape index (κ3) is 3.19. The van der Waals surface area contributed by atoms with Gasteiger partial charge >= 0.3 is 0 Å². The number of fused-ring (bicyclic) bond motifs is 4. The minimum Gasteiger partial charge on any atom is -0.200 e. The highest BCUT2D eigenvalue weighted by Crippen LogP contribution is 2.50. The second kappa shape index (κ2) is 7.27. The fraction of sp³-hybridized carbons (Fsp3) is 0.464. The van der Waals surface area contributed by atoms with Gasteiger partial charge in [0, 0.05) is 12.9 Å². The first kappa shape index (κ1) is 14.0. The second-order valence-corrected chi connectivity index (χ2v) is 9.19. The van der Waals surface area contributed by atoms with Crippen LogP contribution in [-0.4, -0.2) is 0 Å². The Hall–Kier alpha value is -2.15. The van der Waals surface area contributed by atoms with Gasteiger partial charge in [-0.05, 0) is 96.9 Å². The minimum atomic E-state index is -2.31. The van der Waals surface area contributed by atoms with Gasteiger partial charge in [-0.1, -0.05) is 38.0 Å². The number of hydrogen-bond acceptors (Lipinski definition) is 0. The summed E-state index contributed by atoms with van der Waals surface area (Å²) in [4.78, 5) is 0. The molecule has 1 unspecified atom stereocenters. The third-order valence-corrected chi connectivity index (χ3v) is 7.57. The minimum absolute atomic E-state index is 0.181. The Balaban J connectivity index is 1.69. The number of rotatable bonds is 3. The van der Waals surface area contributed by atoms with Crippen LogP contribution in [0.15, 0.2) is 42.6 Å². The summed E-state index contributed by atoms with van der Waals surface area (Å²) < 4.78 is 42.8. The maximum absolute atomic E-state index is 8.35. The van der Waals surface area contributed by atoms with Crippen molar-refractivity contribution < 1.29 is 11.4 Å². The quantitative estimate of drug-likeness (QED) is 0.433. The Kier molecular flexibility index (Phi) is 3.50. The Bertz CT molecular complexity index is 1250. The number of nitrogens with zero attached hydrogens (tertiary/aromatic N) is 1. The van der Waals surface area contributed by atoms with Gasteiger partial charge in [-0.15, -0.1) is 0 Å².